The van der Waals surface area contributed by atoms with E-state index in [1.165, 1.54) is 0 Å². The molecule has 1 aromatic rings. The molecule has 2 unspecified atom stereocenters. The minimum atomic E-state index is -0.275. The Morgan fingerprint density at radius 3 is 2.95 bits per heavy atom. The van der Waals surface area contributed by atoms with Crippen molar-refractivity contribution >= 4 is 21.8 Å². The SMILES string of the molecule is Cc1ccc(OCC(=O)NCC2CCCC2O)c(Br)c1. The van der Waals surface area contributed by atoms with E-state index in [1.54, 1.807) is 0 Å². The van der Waals surface area contributed by atoms with Crippen LogP contribution in [0, 0.1) is 12.8 Å². The fourth-order valence-corrected chi connectivity index (χ4v) is 3.03. The first kappa shape index (κ1) is 15.3. The number of benzene rings is 1. The molecule has 110 valence electrons. The topological polar surface area (TPSA) is 58.6 Å². The van der Waals surface area contributed by atoms with Crippen LogP contribution in [0.5, 0.6) is 5.75 Å². The van der Waals surface area contributed by atoms with Crippen LogP contribution in [0.4, 0.5) is 0 Å². The molecular formula is C15H20BrNO3. The van der Waals surface area contributed by atoms with Gasteiger partial charge in [0.05, 0.1) is 10.6 Å². The van der Waals surface area contributed by atoms with Crippen LogP contribution in [-0.2, 0) is 4.79 Å². The maximum absolute atomic E-state index is 11.7. The van der Waals surface area contributed by atoms with Crippen LogP contribution >= 0.6 is 15.9 Å². The summed E-state index contributed by atoms with van der Waals surface area (Å²) < 4.78 is 6.32. The molecule has 1 amide bonds. The van der Waals surface area contributed by atoms with Crippen LogP contribution < -0.4 is 10.1 Å². The van der Waals surface area contributed by atoms with Gasteiger partial charge < -0.3 is 15.2 Å². The summed E-state index contributed by atoms with van der Waals surface area (Å²) >= 11 is 3.41. The lowest BCUT2D eigenvalue weighted by Crippen LogP contribution is -2.35. The lowest BCUT2D eigenvalue weighted by molar-refractivity contribution is -0.123. The van der Waals surface area contributed by atoms with Gasteiger partial charge in [0.15, 0.2) is 6.61 Å². The smallest absolute Gasteiger partial charge is 0.257 e. The lowest BCUT2D eigenvalue weighted by Gasteiger charge is -2.15. The number of carbonyl (C=O) groups is 1. The van der Waals surface area contributed by atoms with Crippen LogP contribution in [0.2, 0.25) is 0 Å². The van der Waals surface area contributed by atoms with Gasteiger partial charge in [0.2, 0.25) is 0 Å². The number of rotatable bonds is 5. The van der Waals surface area contributed by atoms with Crippen molar-refractivity contribution in [1.82, 2.24) is 5.32 Å². The van der Waals surface area contributed by atoms with E-state index in [-0.39, 0.29) is 24.5 Å². The summed E-state index contributed by atoms with van der Waals surface area (Å²) in [5.74, 6) is 0.688. The Balaban J connectivity index is 1.74. The van der Waals surface area contributed by atoms with Crippen LogP contribution in [0.1, 0.15) is 24.8 Å². The van der Waals surface area contributed by atoms with Gasteiger partial charge in [-0.15, -0.1) is 0 Å². The number of aryl methyl sites for hydroxylation is 1. The van der Waals surface area contributed by atoms with E-state index < -0.39 is 0 Å². The summed E-state index contributed by atoms with van der Waals surface area (Å²) in [6, 6.07) is 5.72. The Bertz CT molecular complexity index is 478. The van der Waals surface area contributed by atoms with Gasteiger partial charge in [-0.2, -0.15) is 0 Å². The maximum Gasteiger partial charge on any atom is 0.257 e. The molecule has 20 heavy (non-hydrogen) atoms. The number of hydrogen-bond acceptors (Lipinski definition) is 3. The summed E-state index contributed by atoms with van der Waals surface area (Å²) in [6.07, 6.45) is 2.58. The first-order chi connectivity index (χ1) is 9.56. The fraction of sp³-hybridized carbons (Fsp3) is 0.533. The van der Waals surface area contributed by atoms with Gasteiger partial charge in [0.1, 0.15) is 5.75 Å². The van der Waals surface area contributed by atoms with Gasteiger partial charge in [0.25, 0.3) is 5.91 Å². The molecule has 2 N–H and O–H groups in total. The molecule has 0 heterocycles. The first-order valence-electron chi connectivity index (χ1n) is 6.90. The van der Waals surface area contributed by atoms with Crippen molar-refractivity contribution < 1.29 is 14.6 Å². The summed E-state index contributed by atoms with van der Waals surface area (Å²) in [5.41, 5.74) is 1.13. The number of aliphatic hydroxyl groups excluding tert-OH is 1. The Kier molecular flexibility index (Phi) is 5.43. The fourth-order valence-electron chi connectivity index (χ4n) is 2.42. The molecule has 0 saturated heterocycles. The largest absolute Gasteiger partial charge is 0.483 e. The molecule has 1 aliphatic carbocycles. The highest BCUT2D eigenvalue weighted by Gasteiger charge is 2.25. The highest BCUT2D eigenvalue weighted by atomic mass is 79.9. The Hall–Kier alpha value is -1.07. The number of ether oxygens (including phenoxy) is 1. The van der Waals surface area contributed by atoms with E-state index in [0.29, 0.717) is 12.3 Å². The second-order valence-electron chi connectivity index (χ2n) is 5.28. The standard InChI is InChI=1S/C15H20BrNO3/c1-10-5-6-14(12(16)7-10)20-9-15(19)17-8-11-3-2-4-13(11)18/h5-7,11,13,18H,2-4,8-9H2,1H3,(H,17,19). The van der Waals surface area contributed by atoms with E-state index in [2.05, 4.69) is 21.2 Å². The Morgan fingerprint density at radius 2 is 2.30 bits per heavy atom. The number of hydrogen-bond donors (Lipinski definition) is 2. The van der Waals surface area contributed by atoms with Crippen molar-refractivity contribution in [1.29, 1.82) is 0 Å². The minimum Gasteiger partial charge on any atom is -0.483 e. The average molecular weight is 342 g/mol. The van der Waals surface area contributed by atoms with E-state index in [0.717, 1.165) is 29.3 Å². The molecule has 0 aliphatic heterocycles. The van der Waals surface area contributed by atoms with Gasteiger partial charge in [-0.05, 0) is 53.4 Å². The van der Waals surface area contributed by atoms with E-state index in [9.17, 15) is 9.90 Å². The molecule has 1 aromatic carbocycles. The molecule has 2 rings (SSSR count). The van der Waals surface area contributed by atoms with E-state index in [1.807, 2.05) is 25.1 Å². The maximum atomic E-state index is 11.7. The summed E-state index contributed by atoms with van der Waals surface area (Å²) in [5, 5.41) is 12.5. The monoisotopic (exact) mass is 341 g/mol. The lowest BCUT2D eigenvalue weighted by atomic mass is 10.1. The number of aliphatic hydroxyl groups is 1. The van der Waals surface area contributed by atoms with Crippen LogP contribution in [0.3, 0.4) is 0 Å². The minimum absolute atomic E-state index is 0.00945. The quantitative estimate of drug-likeness (QED) is 0.864. The Labute approximate surface area is 127 Å². The van der Waals surface area contributed by atoms with Gasteiger partial charge in [0, 0.05) is 12.5 Å². The predicted molar refractivity (Wildman–Crippen MR) is 80.7 cm³/mol. The van der Waals surface area contributed by atoms with Gasteiger partial charge in [-0.25, -0.2) is 0 Å². The van der Waals surface area contributed by atoms with Crippen molar-refractivity contribution in [3.63, 3.8) is 0 Å². The number of halogens is 1. The van der Waals surface area contributed by atoms with Crippen molar-refractivity contribution in [2.75, 3.05) is 13.2 Å². The van der Waals surface area contributed by atoms with Crippen LogP contribution in [-0.4, -0.2) is 30.3 Å². The molecule has 1 saturated carbocycles. The highest BCUT2D eigenvalue weighted by Crippen LogP contribution is 2.26. The highest BCUT2D eigenvalue weighted by molar-refractivity contribution is 9.10. The van der Waals surface area contributed by atoms with Crippen molar-refractivity contribution in [2.45, 2.75) is 32.3 Å². The second kappa shape index (κ2) is 7.09. The summed E-state index contributed by atoms with van der Waals surface area (Å²) in [7, 11) is 0. The third-order valence-corrected chi connectivity index (χ3v) is 4.25. The van der Waals surface area contributed by atoms with Crippen molar-refractivity contribution in [3.8, 4) is 5.75 Å². The van der Waals surface area contributed by atoms with Crippen molar-refractivity contribution in [2.24, 2.45) is 5.92 Å². The molecule has 2 atom stereocenters. The number of amides is 1. The zero-order valence-electron chi connectivity index (χ0n) is 11.6. The molecule has 0 bridgehead atoms. The average Bonchev–Trinajstić information content (AvgIpc) is 2.81. The molecule has 1 fully saturated rings. The molecule has 0 spiro atoms. The molecule has 4 nitrogen and oxygen atoms in total. The molecule has 5 heteroatoms. The molecular weight excluding hydrogens is 322 g/mol. The van der Waals surface area contributed by atoms with Gasteiger partial charge >= 0.3 is 0 Å². The number of carbonyl (C=O) groups excluding carboxylic acids is 1. The van der Waals surface area contributed by atoms with Gasteiger partial charge in [-0.1, -0.05) is 12.5 Å². The second-order valence-corrected chi connectivity index (χ2v) is 6.14. The summed E-state index contributed by atoms with van der Waals surface area (Å²) in [6.45, 7) is 2.51. The van der Waals surface area contributed by atoms with Gasteiger partial charge in [-0.3, -0.25) is 4.79 Å². The van der Waals surface area contributed by atoms with Crippen LogP contribution in [0.25, 0.3) is 0 Å². The molecule has 0 radical (unpaired) electrons. The summed E-state index contributed by atoms with van der Waals surface area (Å²) in [4.78, 5) is 11.7. The van der Waals surface area contributed by atoms with E-state index >= 15 is 0 Å². The third kappa shape index (κ3) is 4.21. The van der Waals surface area contributed by atoms with Crippen molar-refractivity contribution in [3.05, 3.63) is 28.2 Å². The molecule has 1 aliphatic rings. The van der Waals surface area contributed by atoms with E-state index in [4.69, 9.17) is 4.74 Å². The first-order valence-corrected chi connectivity index (χ1v) is 7.69. The normalized spacial score (nSPS) is 21.8. The Morgan fingerprint density at radius 1 is 1.50 bits per heavy atom. The van der Waals surface area contributed by atoms with Crippen LogP contribution in [0.15, 0.2) is 22.7 Å². The zero-order chi connectivity index (χ0) is 14.5. The third-order valence-electron chi connectivity index (χ3n) is 3.63. The number of nitrogens with one attached hydrogen (secondary N) is 1. The predicted octanol–water partition coefficient (Wildman–Crippen LogP) is 2.41. The zero-order valence-corrected chi connectivity index (χ0v) is 13.1. The molecule has 0 aromatic heterocycles.